The van der Waals surface area contributed by atoms with Crippen molar-refractivity contribution in [2.24, 2.45) is 11.8 Å². The van der Waals surface area contributed by atoms with Crippen LogP contribution in [-0.2, 0) is 25.5 Å². The van der Waals surface area contributed by atoms with Crippen molar-refractivity contribution >= 4 is 24.3 Å². The van der Waals surface area contributed by atoms with Crippen molar-refractivity contribution in [1.29, 1.82) is 0 Å². The molecule has 2 aliphatic rings. The van der Waals surface area contributed by atoms with E-state index in [0.29, 0.717) is 42.8 Å². The molecular formula is C22H26O6. The van der Waals surface area contributed by atoms with Gasteiger partial charge in [-0.3, -0.25) is 14.4 Å². The zero-order valence-electron chi connectivity index (χ0n) is 16.5. The molecule has 0 N–H and O–H groups in total. The average Bonchev–Trinajstić information content (AvgIpc) is 3.15. The molecule has 0 aromatic carbocycles. The van der Waals surface area contributed by atoms with Gasteiger partial charge in [0.05, 0.1) is 11.5 Å². The minimum atomic E-state index is -0.601. The Morgan fingerprint density at radius 1 is 1.29 bits per heavy atom. The Morgan fingerprint density at radius 2 is 2.04 bits per heavy atom. The summed E-state index contributed by atoms with van der Waals surface area (Å²) in [4.78, 5) is 35.7. The van der Waals surface area contributed by atoms with Crippen LogP contribution in [0.5, 0.6) is 0 Å². The molecule has 1 saturated heterocycles. The van der Waals surface area contributed by atoms with Gasteiger partial charge in [-0.05, 0) is 38.3 Å². The predicted molar refractivity (Wildman–Crippen MR) is 103 cm³/mol. The maximum absolute atomic E-state index is 12.5. The molecule has 0 saturated carbocycles. The van der Waals surface area contributed by atoms with Gasteiger partial charge in [-0.1, -0.05) is 17.7 Å². The van der Waals surface area contributed by atoms with Crippen molar-refractivity contribution in [3.05, 3.63) is 40.9 Å². The number of carbonyl (C=O) groups excluding carboxylic acids is 3. The maximum atomic E-state index is 12.5. The molecule has 1 aromatic rings. The summed E-state index contributed by atoms with van der Waals surface area (Å²) in [5, 5.41) is 0. The smallest absolute Gasteiger partial charge is 0.313 e. The summed E-state index contributed by atoms with van der Waals surface area (Å²) in [6, 6.07) is 1.72. The molecule has 6 heteroatoms. The van der Waals surface area contributed by atoms with Gasteiger partial charge in [0, 0.05) is 26.2 Å². The normalized spacial score (nSPS) is 29.4. The summed E-state index contributed by atoms with van der Waals surface area (Å²) in [6.45, 7) is 9.21. The first kappa shape index (κ1) is 20.1. The van der Waals surface area contributed by atoms with Crippen LogP contribution in [0.3, 0.4) is 0 Å². The topological polar surface area (TPSA) is 82.8 Å². The summed E-state index contributed by atoms with van der Waals surface area (Å²) in [5.41, 5.74) is 2.36. The van der Waals surface area contributed by atoms with Crippen molar-refractivity contribution < 1.29 is 28.3 Å². The zero-order valence-corrected chi connectivity index (χ0v) is 16.5. The third kappa shape index (κ3) is 4.43. The van der Waals surface area contributed by atoms with Crippen LogP contribution in [0.25, 0.3) is 6.08 Å². The summed E-state index contributed by atoms with van der Waals surface area (Å²) < 4.78 is 17.0. The lowest BCUT2D eigenvalue weighted by molar-refractivity contribution is -0.156. The number of hydrogen-bond acceptors (Lipinski definition) is 6. The fourth-order valence-corrected chi connectivity index (χ4v) is 4.03. The maximum Gasteiger partial charge on any atom is 0.313 e. The first-order valence-electron chi connectivity index (χ1n) is 9.55. The molecule has 1 unspecified atom stereocenters. The van der Waals surface area contributed by atoms with Crippen LogP contribution >= 0.6 is 0 Å². The van der Waals surface area contributed by atoms with Crippen LogP contribution in [0.4, 0.5) is 0 Å². The lowest BCUT2D eigenvalue weighted by Crippen LogP contribution is -2.32. The molecule has 2 aliphatic heterocycles. The van der Waals surface area contributed by atoms with E-state index in [1.165, 1.54) is 6.92 Å². The SMILES string of the molecule is C=C(C)[C@H]1Cc2oc(cc2C=O)/C=C(\C)C[C@@H]2CC(C(=O)O2)[C@H](OC(C)=O)C1. The third-order valence-corrected chi connectivity index (χ3v) is 5.44. The van der Waals surface area contributed by atoms with E-state index in [9.17, 15) is 14.4 Å². The Morgan fingerprint density at radius 3 is 2.68 bits per heavy atom. The minimum absolute atomic E-state index is 0.111. The molecule has 3 rings (SSSR count). The average molecular weight is 386 g/mol. The molecular weight excluding hydrogens is 360 g/mol. The molecule has 0 spiro atoms. The van der Waals surface area contributed by atoms with Crippen LogP contribution in [0.2, 0.25) is 0 Å². The largest absolute Gasteiger partial charge is 0.462 e. The number of hydrogen-bond donors (Lipinski definition) is 0. The van der Waals surface area contributed by atoms with Gasteiger partial charge < -0.3 is 13.9 Å². The van der Waals surface area contributed by atoms with Crippen molar-refractivity contribution in [2.75, 3.05) is 0 Å². The Kier molecular flexibility index (Phi) is 5.87. The fraction of sp³-hybridized carbons (Fsp3) is 0.500. The van der Waals surface area contributed by atoms with E-state index in [0.717, 1.165) is 17.4 Å². The summed E-state index contributed by atoms with van der Waals surface area (Å²) in [5.74, 6) is -0.188. The van der Waals surface area contributed by atoms with Crippen LogP contribution in [-0.4, -0.2) is 30.4 Å². The highest BCUT2D eigenvalue weighted by atomic mass is 16.6. The molecule has 0 aliphatic carbocycles. The molecule has 1 aromatic heterocycles. The van der Waals surface area contributed by atoms with Gasteiger partial charge in [-0.25, -0.2) is 0 Å². The molecule has 4 bridgehead atoms. The van der Waals surface area contributed by atoms with Crippen molar-refractivity contribution in [3.63, 3.8) is 0 Å². The fourth-order valence-electron chi connectivity index (χ4n) is 4.03. The molecule has 3 heterocycles. The number of rotatable bonds is 3. The second-order valence-corrected chi connectivity index (χ2v) is 7.87. The lowest BCUT2D eigenvalue weighted by atomic mass is 9.84. The summed E-state index contributed by atoms with van der Waals surface area (Å²) >= 11 is 0. The molecule has 0 radical (unpaired) electrons. The van der Waals surface area contributed by atoms with Crippen LogP contribution in [0.15, 0.2) is 28.2 Å². The van der Waals surface area contributed by atoms with Crippen LogP contribution in [0, 0.1) is 11.8 Å². The lowest BCUT2D eigenvalue weighted by Gasteiger charge is -2.26. The monoisotopic (exact) mass is 386 g/mol. The Labute approximate surface area is 164 Å². The quantitative estimate of drug-likeness (QED) is 0.445. The molecule has 28 heavy (non-hydrogen) atoms. The van der Waals surface area contributed by atoms with Crippen LogP contribution in [0.1, 0.15) is 61.9 Å². The number of esters is 2. The summed E-state index contributed by atoms with van der Waals surface area (Å²) in [7, 11) is 0. The highest BCUT2D eigenvalue weighted by Crippen LogP contribution is 2.35. The molecule has 0 amide bonds. The van der Waals surface area contributed by atoms with Gasteiger partial charge in [0.2, 0.25) is 0 Å². The minimum Gasteiger partial charge on any atom is -0.462 e. The highest BCUT2D eigenvalue weighted by molar-refractivity contribution is 5.78. The van der Waals surface area contributed by atoms with Crippen LogP contribution < -0.4 is 0 Å². The second kappa shape index (κ2) is 8.17. The van der Waals surface area contributed by atoms with Crippen molar-refractivity contribution in [1.82, 2.24) is 0 Å². The van der Waals surface area contributed by atoms with E-state index in [1.54, 1.807) is 6.07 Å². The predicted octanol–water partition coefficient (Wildman–Crippen LogP) is 3.89. The number of furan rings is 1. The van der Waals surface area contributed by atoms with Crippen molar-refractivity contribution in [3.8, 4) is 0 Å². The van der Waals surface area contributed by atoms with Gasteiger partial charge >= 0.3 is 11.9 Å². The van der Waals surface area contributed by atoms with E-state index in [2.05, 4.69) is 6.58 Å². The van der Waals surface area contributed by atoms with Gasteiger partial charge in [0.25, 0.3) is 0 Å². The first-order chi connectivity index (χ1) is 13.3. The zero-order chi connectivity index (χ0) is 20.4. The van der Waals surface area contributed by atoms with Gasteiger partial charge in [-0.15, -0.1) is 0 Å². The van der Waals surface area contributed by atoms with E-state index in [1.807, 2.05) is 19.9 Å². The third-order valence-electron chi connectivity index (χ3n) is 5.44. The van der Waals surface area contributed by atoms with Crippen molar-refractivity contribution in [2.45, 2.75) is 58.7 Å². The first-order valence-corrected chi connectivity index (χ1v) is 9.55. The molecule has 6 nitrogen and oxygen atoms in total. The second-order valence-electron chi connectivity index (χ2n) is 7.87. The van der Waals surface area contributed by atoms with E-state index < -0.39 is 18.0 Å². The standard InChI is InChI=1S/C22H26O6/c1-12(2)15-8-20-16(11-23)7-17(27-20)5-13(3)6-18-10-19(22(25)28-18)21(9-15)26-14(4)24/h5,7,11,15,18-19,21H,1,6,8-10H2,2-4H3/b13-5+/t15-,18+,19?,21+/m0/s1. The van der Waals surface area contributed by atoms with Gasteiger partial charge in [0.15, 0.2) is 6.29 Å². The highest BCUT2D eigenvalue weighted by Gasteiger charge is 2.42. The van der Waals surface area contributed by atoms with Gasteiger partial charge in [-0.2, -0.15) is 0 Å². The number of aldehydes is 1. The summed E-state index contributed by atoms with van der Waals surface area (Å²) in [6.07, 6.45) is 3.72. The molecule has 4 atom stereocenters. The Bertz CT molecular complexity index is 830. The number of ether oxygens (including phenoxy) is 2. The Hall–Kier alpha value is -2.63. The molecule has 150 valence electrons. The number of fused-ring (bicyclic) bond motifs is 4. The van der Waals surface area contributed by atoms with Gasteiger partial charge in [0.1, 0.15) is 23.7 Å². The van der Waals surface area contributed by atoms with E-state index in [4.69, 9.17) is 13.9 Å². The van der Waals surface area contributed by atoms with E-state index >= 15 is 0 Å². The molecule has 1 fully saturated rings. The number of carbonyl (C=O) groups is 3. The Balaban J connectivity index is 2.03. The van der Waals surface area contributed by atoms with E-state index in [-0.39, 0.29) is 18.0 Å². The number of allylic oxidation sites excluding steroid dienone is 1.